The number of nitrogens with zero attached hydrogens (tertiary/aromatic N) is 3. The van der Waals surface area contributed by atoms with E-state index in [0.29, 0.717) is 18.9 Å². The molecule has 0 aromatic carbocycles. The largest absolute Gasteiger partial charge is 0.390 e. The normalized spacial score (nSPS) is 18.3. The molecule has 0 spiro atoms. The number of aliphatic hydroxyl groups is 1. The molecule has 0 aliphatic carbocycles. The Bertz CT molecular complexity index is 382. The molecule has 1 aromatic rings. The van der Waals surface area contributed by atoms with E-state index >= 15 is 0 Å². The Kier molecular flexibility index (Phi) is 5.07. The summed E-state index contributed by atoms with van der Waals surface area (Å²) in [6, 6.07) is 2.98. The lowest BCUT2D eigenvalue weighted by Crippen LogP contribution is -2.44. The van der Waals surface area contributed by atoms with Crippen molar-refractivity contribution in [1.29, 1.82) is 0 Å². The Balaban J connectivity index is 1.80. The van der Waals surface area contributed by atoms with Crippen LogP contribution in [-0.2, 0) is 4.74 Å². The fourth-order valence-corrected chi connectivity index (χ4v) is 2.14. The number of pyridine rings is 1. The smallest absolute Gasteiger partial charge is 0.141 e. The number of rotatable bonds is 5. The second-order valence-electron chi connectivity index (χ2n) is 4.78. The third kappa shape index (κ3) is 4.41. The topological polar surface area (TPSA) is 48.8 Å². The van der Waals surface area contributed by atoms with E-state index in [0.717, 1.165) is 26.3 Å². The molecule has 2 heterocycles. The van der Waals surface area contributed by atoms with Gasteiger partial charge < -0.3 is 14.7 Å². The minimum Gasteiger partial charge on any atom is -0.390 e. The van der Waals surface area contributed by atoms with Crippen LogP contribution in [0.2, 0.25) is 0 Å². The fraction of sp³-hybridized carbons (Fsp3) is 0.615. The maximum atomic E-state index is 12.8. The molecule has 0 amide bonds. The number of aliphatic hydroxyl groups excluding tert-OH is 1. The van der Waals surface area contributed by atoms with Gasteiger partial charge in [0, 0.05) is 33.2 Å². The van der Waals surface area contributed by atoms with Crippen molar-refractivity contribution < 1.29 is 14.2 Å². The van der Waals surface area contributed by atoms with E-state index in [1.807, 2.05) is 11.9 Å². The van der Waals surface area contributed by atoms with Crippen molar-refractivity contribution in [2.75, 3.05) is 51.3 Å². The van der Waals surface area contributed by atoms with Crippen molar-refractivity contribution in [2.24, 2.45) is 0 Å². The first kappa shape index (κ1) is 14.2. The Hall–Kier alpha value is -1.24. The molecule has 1 aromatic heterocycles. The van der Waals surface area contributed by atoms with E-state index in [-0.39, 0.29) is 5.82 Å². The number of aromatic nitrogens is 1. The van der Waals surface area contributed by atoms with E-state index in [1.54, 1.807) is 6.07 Å². The summed E-state index contributed by atoms with van der Waals surface area (Å²) in [6.07, 6.45) is 0.718. The van der Waals surface area contributed by atoms with Gasteiger partial charge in [0.1, 0.15) is 11.6 Å². The van der Waals surface area contributed by atoms with Gasteiger partial charge >= 0.3 is 0 Å². The van der Waals surface area contributed by atoms with Crippen LogP contribution < -0.4 is 4.90 Å². The van der Waals surface area contributed by atoms with Crippen molar-refractivity contribution >= 4 is 5.82 Å². The van der Waals surface area contributed by atoms with Gasteiger partial charge in [-0.25, -0.2) is 9.37 Å². The van der Waals surface area contributed by atoms with Gasteiger partial charge in [-0.1, -0.05) is 0 Å². The highest BCUT2D eigenvalue weighted by Gasteiger charge is 2.16. The number of β-amino-alcohol motifs (C(OH)–C–C–N with tert-alkyl or cyclic N) is 1. The first-order valence-electron chi connectivity index (χ1n) is 6.46. The predicted molar refractivity (Wildman–Crippen MR) is 70.7 cm³/mol. The van der Waals surface area contributed by atoms with E-state index in [4.69, 9.17) is 4.74 Å². The molecule has 0 radical (unpaired) electrons. The highest BCUT2D eigenvalue weighted by Crippen LogP contribution is 2.09. The van der Waals surface area contributed by atoms with Gasteiger partial charge in [-0.05, 0) is 12.1 Å². The molecule has 0 bridgehead atoms. The molecular formula is C13H20FN3O2. The maximum Gasteiger partial charge on any atom is 0.141 e. The van der Waals surface area contributed by atoms with E-state index in [1.165, 1.54) is 12.3 Å². The van der Waals surface area contributed by atoms with Gasteiger partial charge in [-0.2, -0.15) is 0 Å². The van der Waals surface area contributed by atoms with Crippen LogP contribution in [0.5, 0.6) is 0 Å². The van der Waals surface area contributed by atoms with Crippen molar-refractivity contribution in [3.05, 3.63) is 24.1 Å². The third-order valence-electron chi connectivity index (χ3n) is 3.16. The number of likely N-dealkylation sites (N-methyl/N-ethyl adjacent to an activating group) is 1. The Morgan fingerprint density at radius 1 is 1.47 bits per heavy atom. The van der Waals surface area contributed by atoms with Crippen LogP contribution >= 0.6 is 0 Å². The Labute approximate surface area is 112 Å². The lowest BCUT2D eigenvalue weighted by atomic mass is 10.2. The monoisotopic (exact) mass is 269 g/mol. The summed E-state index contributed by atoms with van der Waals surface area (Å²) in [7, 11) is 1.84. The molecule has 1 atom stereocenters. The van der Waals surface area contributed by atoms with Crippen LogP contribution in [-0.4, -0.2) is 67.5 Å². The van der Waals surface area contributed by atoms with Gasteiger partial charge in [-0.3, -0.25) is 4.90 Å². The highest BCUT2D eigenvalue weighted by atomic mass is 19.1. The van der Waals surface area contributed by atoms with Gasteiger partial charge in [0.15, 0.2) is 0 Å². The first-order chi connectivity index (χ1) is 9.15. The Morgan fingerprint density at radius 3 is 2.84 bits per heavy atom. The minimum absolute atomic E-state index is 0.356. The lowest BCUT2D eigenvalue weighted by Gasteiger charge is -2.30. The lowest BCUT2D eigenvalue weighted by molar-refractivity contribution is 0.0162. The summed E-state index contributed by atoms with van der Waals surface area (Å²) >= 11 is 0. The van der Waals surface area contributed by atoms with Gasteiger partial charge in [0.05, 0.1) is 25.5 Å². The number of hydrogen-bond acceptors (Lipinski definition) is 5. The number of halogens is 1. The van der Waals surface area contributed by atoms with Crippen LogP contribution in [0.3, 0.4) is 0 Å². The van der Waals surface area contributed by atoms with Crippen molar-refractivity contribution in [2.45, 2.75) is 6.10 Å². The summed E-state index contributed by atoms with van der Waals surface area (Å²) in [5, 5.41) is 10.1. The third-order valence-corrected chi connectivity index (χ3v) is 3.16. The van der Waals surface area contributed by atoms with Crippen molar-refractivity contribution in [1.82, 2.24) is 9.88 Å². The molecule has 2 rings (SSSR count). The summed E-state index contributed by atoms with van der Waals surface area (Å²) in [5.74, 6) is 0.299. The minimum atomic E-state index is -0.463. The molecule has 1 saturated heterocycles. The van der Waals surface area contributed by atoms with Crippen LogP contribution in [0, 0.1) is 5.82 Å². The van der Waals surface area contributed by atoms with Crippen LogP contribution in [0.4, 0.5) is 10.2 Å². The van der Waals surface area contributed by atoms with Gasteiger partial charge in [0.25, 0.3) is 0 Å². The first-order valence-corrected chi connectivity index (χ1v) is 6.46. The number of anilines is 1. The highest BCUT2D eigenvalue weighted by molar-refractivity contribution is 5.36. The molecule has 5 nitrogen and oxygen atoms in total. The van der Waals surface area contributed by atoms with Crippen molar-refractivity contribution in [3.63, 3.8) is 0 Å². The molecule has 1 aliphatic heterocycles. The quantitative estimate of drug-likeness (QED) is 0.836. The predicted octanol–water partition coefficient (Wildman–Crippen LogP) is 0.350. The molecular weight excluding hydrogens is 249 g/mol. The van der Waals surface area contributed by atoms with Crippen molar-refractivity contribution in [3.8, 4) is 0 Å². The SMILES string of the molecule is CN(CC(O)CN1CCOCC1)c1ccc(F)cn1. The van der Waals surface area contributed by atoms with Crippen LogP contribution in [0.25, 0.3) is 0 Å². The summed E-state index contributed by atoms with van der Waals surface area (Å²) in [4.78, 5) is 7.99. The zero-order valence-electron chi connectivity index (χ0n) is 11.1. The summed E-state index contributed by atoms with van der Waals surface area (Å²) < 4.78 is 18.0. The number of ether oxygens (including phenoxy) is 1. The summed E-state index contributed by atoms with van der Waals surface area (Å²) in [5.41, 5.74) is 0. The molecule has 1 unspecified atom stereocenters. The molecule has 0 saturated carbocycles. The molecule has 6 heteroatoms. The second kappa shape index (κ2) is 6.79. The molecule has 19 heavy (non-hydrogen) atoms. The second-order valence-corrected chi connectivity index (χ2v) is 4.78. The summed E-state index contributed by atoms with van der Waals surface area (Å²) in [6.45, 7) is 4.25. The molecule has 1 aliphatic rings. The average molecular weight is 269 g/mol. The molecule has 1 fully saturated rings. The van der Waals surface area contributed by atoms with Gasteiger partial charge in [-0.15, -0.1) is 0 Å². The number of hydrogen-bond donors (Lipinski definition) is 1. The zero-order chi connectivity index (χ0) is 13.7. The molecule has 106 valence electrons. The molecule has 1 N–H and O–H groups in total. The average Bonchev–Trinajstić information content (AvgIpc) is 2.40. The van der Waals surface area contributed by atoms with Crippen LogP contribution in [0.1, 0.15) is 0 Å². The Morgan fingerprint density at radius 2 is 2.21 bits per heavy atom. The van der Waals surface area contributed by atoms with E-state index < -0.39 is 6.10 Å². The van der Waals surface area contributed by atoms with Crippen LogP contribution in [0.15, 0.2) is 18.3 Å². The maximum absolute atomic E-state index is 12.8. The zero-order valence-corrected chi connectivity index (χ0v) is 11.1. The van der Waals surface area contributed by atoms with E-state index in [9.17, 15) is 9.50 Å². The van der Waals surface area contributed by atoms with Gasteiger partial charge in [0.2, 0.25) is 0 Å². The standard InChI is InChI=1S/C13H20FN3O2/c1-16(13-3-2-11(14)8-15-13)9-12(18)10-17-4-6-19-7-5-17/h2-3,8,12,18H,4-7,9-10H2,1H3. The van der Waals surface area contributed by atoms with E-state index in [2.05, 4.69) is 9.88 Å². The fourth-order valence-electron chi connectivity index (χ4n) is 2.14. The number of morpholine rings is 1.